The molecule has 0 fully saturated rings. The third-order valence-corrected chi connectivity index (χ3v) is 10.3. The normalized spacial score (nSPS) is 13.0. The van der Waals surface area contributed by atoms with Crippen LogP contribution >= 0.6 is 0 Å². The Morgan fingerprint density at radius 2 is 0.745 bits per heavy atom. The van der Waals surface area contributed by atoms with E-state index in [1.165, 1.54) is 10.8 Å². The summed E-state index contributed by atoms with van der Waals surface area (Å²) in [4.78, 5) is 0. The zero-order chi connectivity index (χ0) is 36.9. The highest BCUT2D eigenvalue weighted by atomic mass is 15.0. The third kappa shape index (κ3) is 4.12. The summed E-state index contributed by atoms with van der Waals surface area (Å²) in [5.74, 6) is 0. The van der Waals surface area contributed by atoms with Gasteiger partial charge < -0.3 is 13.7 Å². The number of fused-ring (bicyclic) bond motifs is 9. The lowest BCUT2D eigenvalue weighted by molar-refractivity contribution is 1.13. The van der Waals surface area contributed by atoms with E-state index in [0.29, 0.717) is 10.9 Å². The summed E-state index contributed by atoms with van der Waals surface area (Å²) in [5, 5.41) is 5.88. The first-order chi connectivity index (χ1) is 27.0. The van der Waals surface area contributed by atoms with Crippen LogP contribution in [0.3, 0.4) is 0 Å². The van der Waals surface area contributed by atoms with Crippen molar-refractivity contribution in [2.24, 2.45) is 0 Å². The second-order valence-corrected chi connectivity index (χ2v) is 13.1. The molecular formula is C48H31N3. The van der Waals surface area contributed by atoms with Crippen molar-refractivity contribution in [1.29, 1.82) is 0 Å². The molecule has 3 nitrogen and oxygen atoms in total. The van der Waals surface area contributed by atoms with Gasteiger partial charge in [0.25, 0.3) is 0 Å². The average Bonchev–Trinajstić information content (AvgIpc) is 3.88. The summed E-state index contributed by atoms with van der Waals surface area (Å²) < 4.78 is 41.6. The number of para-hydroxylation sites is 5. The fraction of sp³-hybridized carbons (Fsp3) is 0. The molecule has 51 heavy (non-hydrogen) atoms. The maximum atomic E-state index is 9.01. The summed E-state index contributed by atoms with van der Waals surface area (Å²) >= 11 is 0. The van der Waals surface area contributed by atoms with E-state index in [4.69, 9.17) is 5.48 Å². The van der Waals surface area contributed by atoms with Crippen LogP contribution in [0.2, 0.25) is 0 Å². The average molecular weight is 654 g/mol. The third-order valence-electron chi connectivity index (χ3n) is 10.3. The molecule has 0 spiro atoms. The van der Waals surface area contributed by atoms with Crippen LogP contribution in [-0.4, -0.2) is 13.7 Å². The van der Waals surface area contributed by atoms with Crippen molar-refractivity contribution in [3.05, 3.63) is 188 Å². The van der Waals surface area contributed by atoms with Gasteiger partial charge in [0.2, 0.25) is 0 Å². The van der Waals surface area contributed by atoms with E-state index in [9.17, 15) is 0 Å². The van der Waals surface area contributed by atoms with E-state index in [2.05, 4.69) is 143 Å². The molecule has 3 heterocycles. The highest BCUT2D eigenvalue weighted by Gasteiger charge is 2.19. The van der Waals surface area contributed by atoms with Crippen molar-refractivity contribution in [2.45, 2.75) is 0 Å². The van der Waals surface area contributed by atoms with Crippen molar-refractivity contribution >= 4 is 65.4 Å². The molecule has 0 radical (unpaired) electrons. The summed E-state index contributed by atoms with van der Waals surface area (Å²) in [6, 6.07) is 56.7. The molecule has 0 saturated carbocycles. The molecule has 238 valence electrons. The monoisotopic (exact) mass is 653 g/mol. The predicted molar refractivity (Wildman–Crippen MR) is 215 cm³/mol. The van der Waals surface area contributed by atoms with Gasteiger partial charge >= 0.3 is 0 Å². The van der Waals surface area contributed by atoms with Crippen LogP contribution in [0, 0.1) is 0 Å². The highest BCUT2D eigenvalue weighted by molar-refractivity contribution is 6.13. The van der Waals surface area contributed by atoms with Crippen LogP contribution in [0.5, 0.6) is 0 Å². The maximum Gasteiger partial charge on any atom is 0.0645 e. The van der Waals surface area contributed by atoms with Crippen molar-refractivity contribution in [3.63, 3.8) is 0 Å². The summed E-state index contributed by atoms with van der Waals surface area (Å²) in [6.07, 6.45) is 0. The van der Waals surface area contributed by atoms with E-state index in [0.717, 1.165) is 71.9 Å². The number of aromatic nitrogens is 3. The zero-order valence-corrected chi connectivity index (χ0v) is 27.4. The predicted octanol–water partition coefficient (Wildman–Crippen LogP) is 12.6. The summed E-state index contributed by atoms with van der Waals surface area (Å²) in [5.41, 5.74) is 10.9. The Bertz CT molecular complexity index is 3320. The second-order valence-electron chi connectivity index (χ2n) is 13.1. The van der Waals surface area contributed by atoms with Gasteiger partial charge in [0.15, 0.2) is 0 Å². The molecule has 0 saturated heterocycles. The Morgan fingerprint density at radius 1 is 0.294 bits per heavy atom. The smallest absolute Gasteiger partial charge is 0.0645 e. The molecule has 0 N–H and O–H groups in total. The lowest BCUT2D eigenvalue weighted by Crippen LogP contribution is -2.00. The summed E-state index contributed by atoms with van der Waals surface area (Å²) in [6.45, 7) is 0. The van der Waals surface area contributed by atoms with Crippen LogP contribution in [0.25, 0.3) is 93.6 Å². The van der Waals surface area contributed by atoms with Crippen LogP contribution < -0.4 is 0 Å². The molecule has 0 aliphatic rings. The van der Waals surface area contributed by atoms with Gasteiger partial charge in [-0.1, -0.05) is 121 Å². The molecule has 3 aromatic heterocycles. The maximum absolute atomic E-state index is 9.01. The second kappa shape index (κ2) is 10.8. The number of hydrogen-bond acceptors (Lipinski definition) is 0. The highest BCUT2D eigenvalue weighted by Crippen LogP contribution is 2.39. The molecule has 0 unspecified atom stereocenters. The SMILES string of the molecule is [2H]c1c([2H])c([2H])c2c(c1[2H])c1ccccc1n2-c1ccc2c(c1)c1ccccc1n2-c1cc(-c2ccccc2)cc(-n2c3ccccc3c3ccccc32)c1. The van der Waals surface area contributed by atoms with Crippen molar-refractivity contribution < 1.29 is 5.48 Å². The molecule has 0 aliphatic carbocycles. The van der Waals surface area contributed by atoms with E-state index < -0.39 is 0 Å². The molecular weight excluding hydrogens is 619 g/mol. The van der Waals surface area contributed by atoms with Gasteiger partial charge in [-0.2, -0.15) is 0 Å². The molecule has 0 bridgehead atoms. The van der Waals surface area contributed by atoms with Crippen LogP contribution in [0.4, 0.5) is 0 Å². The molecule has 8 aromatic carbocycles. The number of benzene rings is 8. The van der Waals surface area contributed by atoms with Gasteiger partial charge in [0.05, 0.1) is 38.6 Å². The van der Waals surface area contributed by atoms with E-state index in [1.54, 1.807) is 0 Å². The Labute approximate surface area is 300 Å². The number of rotatable bonds is 4. The van der Waals surface area contributed by atoms with Gasteiger partial charge in [-0.15, -0.1) is 0 Å². The van der Waals surface area contributed by atoms with E-state index >= 15 is 0 Å². The van der Waals surface area contributed by atoms with Gasteiger partial charge in [0, 0.05) is 49.4 Å². The first kappa shape index (κ1) is 24.3. The molecule has 0 aliphatic heterocycles. The van der Waals surface area contributed by atoms with E-state index in [1.807, 2.05) is 34.9 Å². The molecule has 3 heteroatoms. The molecule has 11 rings (SSSR count). The fourth-order valence-electron chi connectivity index (χ4n) is 8.17. The van der Waals surface area contributed by atoms with Gasteiger partial charge in [-0.05, 0) is 77.8 Å². The Kier molecular flexibility index (Phi) is 5.16. The minimum absolute atomic E-state index is 0.0269. The van der Waals surface area contributed by atoms with Crippen molar-refractivity contribution in [3.8, 4) is 28.2 Å². The lowest BCUT2D eigenvalue weighted by Gasteiger charge is -2.16. The van der Waals surface area contributed by atoms with Gasteiger partial charge in [-0.3, -0.25) is 0 Å². The van der Waals surface area contributed by atoms with Crippen LogP contribution in [0.1, 0.15) is 5.48 Å². The minimum Gasteiger partial charge on any atom is -0.309 e. The van der Waals surface area contributed by atoms with Gasteiger partial charge in [0.1, 0.15) is 0 Å². The Hall–Kier alpha value is -6.84. The first-order valence-electron chi connectivity index (χ1n) is 19.2. The van der Waals surface area contributed by atoms with Crippen LogP contribution in [-0.2, 0) is 0 Å². The topological polar surface area (TPSA) is 14.8 Å². The fourth-order valence-corrected chi connectivity index (χ4v) is 8.17. The molecule has 0 amide bonds. The minimum atomic E-state index is -0.239. The molecule has 0 atom stereocenters. The largest absolute Gasteiger partial charge is 0.309 e. The number of hydrogen-bond donors (Lipinski definition) is 0. The summed E-state index contributed by atoms with van der Waals surface area (Å²) in [7, 11) is 0. The standard InChI is InChI=1S/C48H31N3/c1-2-14-32(15-3-1)33-28-35(50-45-23-11-6-18-39(45)40-19-7-12-24-46(40)50)30-36(29-33)51-47-25-13-8-20-41(47)42-31-34(26-27-48(42)51)49-43-21-9-4-16-37(43)38-17-5-10-22-44(38)49/h1-31H/i4D,9D,16D,21D. The van der Waals surface area contributed by atoms with Crippen LogP contribution in [0.15, 0.2) is 188 Å². The zero-order valence-electron chi connectivity index (χ0n) is 31.4. The van der Waals surface area contributed by atoms with Gasteiger partial charge in [-0.25, -0.2) is 0 Å². The van der Waals surface area contributed by atoms with Crippen molar-refractivity contribution in [1.82, 2.24) is 13.7 Å². The van der Waals surface area contributed by atoms with Crippen molar-refractivity contribution in [2.75, 3.05) is 0 Å². The quantitative estimate of drug-likeness (QED) is 0.180. The number of nitrogens with zero attached hydrogens (tertiary/aromatic N) is 3. The van der Waals surface area contributed by atoms with E-state index in [-0.39, 0.29) is 24.2 Å². The molecule has 11 aromatic rings. The Morgan fingerprint density at radius 3 is 1.33 bits per heavy atom. The lowest BCUT2D eigenvalue weighted by atomic mass is 10.0. The Balaban J connectivity index is 1.21. The first-order valence-corrected chi connectivity index (χ1v) is 17.2.